The fraction of sp³-hybridized carbons (Fsp3) is 0.0625. The van der Waals surface area contributed by atoms with E-state index >= 15 is 0 Å². The number of hydrogen-bond donors (Lipinski definition) is 1. The summed E-state index contributed by atoms with van der Waals surface area (Å²) < 4.78 is 0. The molecule has 3 aromatic rings. The number of nitro benzene ring substituents is 1. The lowest BCUT2D eigenvalue weighted by Gasteiger charge is -2.01. The van der Waals surface area contributed by atoms with Gasteiger partial charge >= 0.3 is 0 Å². The molecule has 0 aliphatic rings. The molecular formula is C16H12N4O3S. The molecule has 0 bridgehead atoms. The van der Waals surface area contributed by atoms with Crippen molar-refractivity contribution in [3.05, 3.63) is 63.7 Å². The second-order valence-corrected chi connectivity index (χ2v) is 5.90. The first-order valence-electron chi connectivity index (χ1n) is 6.95. The van der Waals surface area contributed by atoms with E-state index in [1.807, 2.05) is 0 Å². The first-order valence-corrected chi connectivity index (χ1v) is 7.77. The predicted octanol–water partition coefficient (Wildman–Crippen LogP) is 3.88. The molecule has 0 aliphatic carbocycles. The highest BCUT2D eigenvalue weighted by atomic mass is 32.1. The lowest BCUT2D eigenvalue weighted by atomic mass is 10.1. The van der Waals surface area contributed by atoms with Crippen molar-refractivity contribution < 1.29 is 10.0 Å². The molecule has 120 valence electrons. The topological polar surface area (TPSA) is 102 Å². The Morgan fingerprint density at radius 2 is 1.96 bits per heavy atom. The Hall–Kier alpha value is -3.13. The third kappa shape index (κ3) is 3.28. The summed E-state index contributed by atoms with van der Waals surface area (Å²) in [5.41, 5.74) is 2.09. The Morgan fingerprint density at radius 3 is 2.67 bits per heavy atom. The van der Waals surface area contributed by atoms with Crippen molar-refractivity contribution in [3.63, 3.8) is 0 Å². The number of phenolic OH excluding ortho intramolecular Hbond substituents is 1. The number of aliphatic imine (C=N–C) groups is 1. The highest BCUT2D eigenvalue weighted by Crippen LogP contribution is 2.33. The smallest absolute Gasteiger partial charge is 0.273 e. The van der Waals surface area contributed by atoms with Crippen LogP contribution in [0.3, 0.4) is 0 Å². The van der Waals surface area contributed by atoms with Crippen molar-refractivity contribution in [2.75, 3.05) is 0 Å². The van der Waals surface area contributed by atoms with Crippen molar-refractivity contribution in [2.45, 2.75) is 6.92 Å². The molecule has 0 spiro atoms. The predicted molar refractivity (Wildman–Crippen MR) is 92.1 cm³/mol. The molecule has 24 heavy (non-hydrogen) atoms. The highest BCUT2D eigenvalue weighted by Gasteiger charge is 2.16. The maximum atomic E-state index is 11.0. The van der Waals surface area contributed by atoms with Crippen LogP contribution < -0.4 is 0 Å². The van der Waals surface area contributed by atoms with Gasteiger partial charge in [-0.15, -0.1) is 10.2 Å². The molecule has 0 atom stereocenters. The molecule has 1 heterocycles. The molecule has 2 aromatic carbocycles. The van der Waals surface area contributed by atoms with E-state index in [1.54, 1.807) is 49.5 Å². The Balaban J connectivity index is 1.87. The van der Waals surface area contributed by atoms with Crippen LogP contribution >= 0.6 is 11.3 Å². The lowest BCUT2D eigenvalue weighted by Crippen LogP contribution is -1.93. The van der Waals surface area contributed by atoms with Crippen molar-refractivity contribution in [3.8, 4) is 16.3 Å². The molecule has 3 rings (SSSR count). The zero-order valence-corrected chi connectivity index (χ0v) is 13.4. The van der Waals surface area contributed by atoms with Crippen molar-refractivity contribution >= 4 is 28.4 Å². The number of benzene rings is 2. The van der Waals surface area contributed by atoms with E-state index in [4.69, 9.17) is 0 Å². The molecule has 0 aliphatic heterocycles. The summed E-state index contributed by atoms with van der Waals surface area (Å²) in [6.07, 6.45) is 1.62. The van der Waals surface area contributed by atoms with Gasteiger partial charge in [0.25, 0.3) is 5.69 Å². The van der Waals surface area contributed by atoms with Gasteiger partial charge in [0.1, 0.15) is 10.8 Å². The van der Waals surface area contributed by atoms with Gasteiger partial charge in [0.15, 0.2) is 0 Å². The van der Waals surface area contributed by atoms with E-state index in [0.29, 0.717) is 21.3 Å². The number of hydrogen-bond acceptors (Lipinski definition) is 7. The van der Waals surface area contributed by atoms with Crippen molar-refractivity contribution in [2.24, 2.45) is 4.99 Å². The van der Waals surface area contributed by atoms with E-state index in [0.717, 1.165) is 5.56 Å². The molecule has 8 heteroatoms. The molecule has 0 radical (unpaired) electrons. The molecule has 0 unspecified atom stereocenters. The number of nitro groups is 1. The lowest BCUT2D eigenvalue weighted by molar-refractivity contribution is -0.385. The van der Waals surface area contributed by atoms with Crippen molar-refractivity contribution in [1.82, 2.24) is 10.2 Å². The number of aromatic hydroxyl groups is 1. The molecule has 0 fully saturated rings. The number of aromatic nitrogens is 2. The number of phenols is 1. The highest BCUT2D eigenvalue weighted by molar-refractivity contribution is 7.18. The van der Waals surface area contributed by atoms with Crippen LogP contribution in [0.1, 0.15) is 11.1 Å². The quantitative estimate of drug-likeness (QED) is 0.441. The first kappa shape index (κ1) is 15.8. The minimum atomic E-state index is -0.413. The van der Waals surface area contributed by atoms with Crippen LogP contribution in [0, 0.1) is 17.0 Å². The van der Waals surface area contributed by atoms with Crippen LogP contribution in [0.2, 0.25) is 0 Å². The van der Waals surface area contributed by atoms with E-state index in [1.165, 1.54) is 17.4 Å². The number of nitrogens with zero attached hydrogens (tertiary/aromatic N) is 4. The second-order valence-electron chi connectivity index (χ2n) is 4.95. The van der Waals surface area contributed by atoms with Crippen molar-refractivity contribution in [1.29, 1.82) is 0 Å². The average molecular weight is 340 g/mol. The fourth-order valence-corrected chi connectivity index (χ4v) is 2.89. The summed E-state index contributed by atoms with van der Waals surface area (Å²) in [5.74, 6) is 0.187. The van der Waals surface area contributed by atoms with Crippen LogP contribution in [0.4, 0.5) is 10.8 Å². The van der Waals surface area contributed by atoms with Gasteiger partial charge in [0, 0.05) is 23.4 Å². The minimum absolute atomic E-state index is 0.0526. The first-order chi connectivity index (χ1) is 11.5. The van der Waals surface area contributed by atoms with Gasteiger partial charge < -0.3 is 5.11 Å². The Kier molecular flexibility index (Phi) is 4.30. The van der Waals surface area contributed by atoms with E-state index in [2.05, 4.69) is 15.2 Å². The molecule has 0 saturated heterocycles. The standard InChI is InChI=1S/C16H12N4O3S/c1-10-13(3-2-4-14(10)20(22)23)15-18-19-16(24-15)17-9-11-5-7-12(21)8-6-11/h2-9,21H,1H3. The maximum absolute atomic E-state index is 11.0. The van der Waals surface area contributed by atoms with Gasteiger partial charge in [-0.1, -0.05) is 23.5 Å². The molecule has 0 saturated carbocycles. The molecular weight excluding hydrogens is 328 g/mol. The third-order valence-corrected chi connectivity index (χ3v) is 4.23. The van der Waals surface area contributed by atoms with Gasteiger partial charge in [-0.05, 0) is 36.8 Å². The minimum Gasteiger partial charge on any atom is -0.508 e. The second kappa shape index (κ2) is 6.55. The largest absolute Gasteiger partial charge is 0.508 e. The van der Waals surface area contributed by atoms with Crippen LogP contribution in [0.5, 0.6) is 5.75 Å². The van der Waals surface area contributed by atoms with Gasteiger partial charge in [0.05, 0.1) is 4.92 Å². The summed E-state index contributed by atoms with van der Waals surface area (Å²) in [4.78, 5) is 14.9. The monoisotopic (exact) mass is 340 g/mol. The van der Waals surface area contributed by atoms with Gasteiger partial charge in [-0.25, -0.2) is 4.99 Å². The van der Waals surface area contributed by atoms with Gasteiger partial charge in [0.2, 0.25) is 5.13 Å². The van der Waals surface area contributed by atoms with Crippen LogP contribution in [0.25, 0.3) is 10.6 Å². The summed E-state index contributed by atoms with van der Waals surface area (Å²) in [7, 11) is 0. The molecule has 1 aromatic heterocycles. The van der Waals surface area contributed by atoms with Crippen LogP contribution in [0.15, 0.2) is 47.5 Å². The summed E-state index contributed by atoms with van der Waals surface area (Å²) in [5, 5.41) is 29.4. The SMILES string of the molecule is Cc1c(-c2nnc(N=Cc3ccc(O)cc3)s2)cccc1[N+](=O)[O-]. The summed E-state index contributed by atoms with van der Waals surface area (Å²) in [6, 6.07) is 11.5. The van der Waals surface area contributed by atoms with E-state index in [9.17, 15) is 15.2 Å². The van der Waals surface area contributed by atoms with E-state index in [-0.39, 0.29) is 11.4 Å². The van der Waals surface area contributed by atoms with E-state index < -0.39 is 4.92 Å². The Bertz CT molecular complexity index is 919. The fourth-order valence-electron chi connectivity index (χ4n) is 2.12. The molecule has 7 nitrogen and oxygen atoms in total. The average Bonchev–Trinajstić information content (AvgIpc) is 3.03. The molecule has 0 amide bonds. The Morgan fingerprint density at radius 1 is 1.21 bits per heavy atom. The molecule has 1 N–H and O–H groups in total. The van der Waals surface area contributed by atoms with Crippen LogP contribution in [-0.2, 0) is 0 Å². The summed E-state index contributed by atoms with van der Waals surface area (Å²) >= 11 is 1.25. The normalized spacial score (nSPS) is 11.0. The van der Waals surface area contributed by atoms with Crippen LogP contribution in [-0.4, -0.2) is 26.4 Å². The zero-order chi connectivity index (χ0) is 17.1. The van der Waals surface area contributed by atoms with Gasteiger partial charge in [-0.2, -0.15) is 0 Å². The zero-order valence-electron chi connectivity index (χ0n) is 12.6. The van der Waals surface area contributed by atoms with Gasteiger partial charge in [-0.3, -0.25) is 10.1 Å². The number of rotatable bonds is 4. The summed E-state index contributed by atoms with van der Waals surface area (Å²) in [6.45, 7) is 1.69. The maximum Gasteiger partial charge on any atom is 0.273 e. The third-order valence-electron chi connectivity index (χ3n) is 3.36. The Labute approximate surface area is 141 Å².